The van der Waals surface area contributed by atoms with E-state index in [0.29, 0.717) is 19.3 Å². The standard InChI is InChI=1S/C65H120O16/c1-4-7-10-13-16-19-22-25-26-29-30-33-36-39-42-45-55(67)75-49-52(78-56(68)46-43-40-37-34-31-27-23-20-17-14-11-8-5-2)50-76-64-61(73)60(72)58(70)54(80-64)51-77-65-62(74)63(59(71)53(48-66)79-65)81-57(69)47-44-41-38-35-32-28-24-21-18-15-12-9-6-3/h25-26,52-54,58-66,70-74H,4-24,27-51H2,1-3H3/b26-25-. The number of hydrogen-bond donors (Lipinski definition) is 6. The Labute approximate surface area is 490 Å². The highest BCUT2D eigenvalue weighted by Crippen LogP contribution is 2.28. The molecule has 16 nitrogen and oxygen atoms in total. The van der Waals surface area contributed by atoms with Crippen LogP contribution >= 0.6 is 0 Å². The molecule has 0 aromatic carbocycles. The zero-order valence-corrected chi connectivity index (χ0v) is 51.3. The average molecular weight is 1160 g/mol. The third-order valence-corrected chi connectivity index (χ3v) is 16.0. The highest BCUT2D eigenvalue weighted by atomic mass is 16.7. The molecule has 6 N–H and O–H groups in total. The van der Waals surface area contributed by atoms with Gasteiger partial charge in [-0.3, -0.25) is 14.4 Å². The van der Waals surface area contributed by atoms with E-state index in [0.717, 1.165) is 83.5 Å². The number of unbranched alkanes of at least 4 members (excludes halogenated alkanes) is 35. The lowest BCUT2D eigenvalue weighted by Gasteiger charge is -2.43. The monoisotopic (exact) mass is 1160 g/mol. The summed E-state index contributed by atoms with van der Waals surface area (Å²) in [7, 11) is 0. The van der Waals surface area contributed by atoms with Crippen LogP contribution in [0.5, 0.6) is 0 Å². The Balaban J connectivity index is 1.89. The predicted molar refractivity (Wildman–Crippen MR) is 317 cm³/mol. The van der Waals surface area contributed by atoms with Gasteiger partial charge < -0.3 is 63.8 Å². The van der Waals surface area contributed by atoms with Crippen LogP contribution in [-0.4, -0.2) is 142 Å². The summed E-state index contributed by atoms with van der Waals surface area (Å²) in [6.07, 6.45) is 32.9. The van der Waals surface area contributed by atoms with Crippen molar-refractivity contribution in [2.75, 3.05) is 26.4 Å². The zero-order valence-electron chi connectivity index (χ0n) is 51.3. The molecule has 0 aromatic heterocycles. The summed E-state index contributed by atoms with van der Waals surface area (Å²) in [4.78, 5) is 39.0. The molecule has 0 bridgehead atoms. The quantitative estimate of drug-likeness (QED) is 0.0144. The normalized spacial score (nSPS) is 23.5. The molecule has 2 aliphatic heterocycles. The van der Waals surface area contributed by atoms with Gasteiger partial charge in [-0.05, 0) is 44.9 Å². The minimum atomic E-state index is -1.79. The van der Waals surface area contributed by atoms with Crippen LogP contribution in [0.3, 0.4) is 0 Å². The van der Waals surface area contributed by atoms with Gasteiger partial charge in [0.2, 0.25) is 0 Å². The molecule has 0 aliphatic carbocycles. The van der Waals surface area contributed by atoms with E-state index in [1.54, 1.807) is 0 Å². The molecule has 0 aromatic rings. The van der Waals surface area contributed by atoms with Gasteiger partial charge in [-0.2, -0.15) is 0 Å². The number of aliphatic hydroxyl groups is 6. The van der Waals surface area contributed by atoms with Crippen LogP contribution in [0.4, 0.5) is 0 Å². The molecule has 16 heteroatoms. The molecule has 2 saturated heterocycles. The number of carbonyl (C=O) groups is 3. The fraction of sp³-hybridized carbons (Fsp3) is 0.923. The molecule has 0 amide bonds. The Kier molecular flexibility index (Phi) is 47.1. The van der Waals surface area contributed by atoms with Crippen molar-refractivity contribution in [3.63, 3.8) is 0 Å². The van der Waals surface area contributed by atoms with Crippen LogP contribution < -0.4 is 0 Å². The molecular formula is C65H120O16. The van der Waals surface area contributed by atoms with Crippen molar-refractivity contribution in [3.05, 3.63) is 12.2 Å². The van der Waals surface area contributed by atoms with E-state index in [-0.39, 0.29) is 25.9 Å². The number of allylic oxidation sites excluding steroid dienone is 2. The van der Waals surface area contributed by atoms with Crippen LogP contribution in [0.1, 0.15) is 290 Å². The van der Waals surface area contributed by atoms with Crippen LogP contribution in [0.15, 0.2) is 12.2 Å². The van der Waals surface area contributed by atoms with Gasteiger partial charge in [0.25, 0.3) is 0 Å². The third kappa shape index (κ3) is 37.0. The van der Waals surface area contributed by atoms with Gasteiger partial charge in [0.1, 0.15) is 49.3 Å². The molecule has 81 heavy (non-hydrogen) atoms. The van der Waals surface area contributed by atoms with E-state index in [2.05, 4.69) is 32.9 Å². The predicted octanol–water partition coefficient (Wildman–Crippen LogP) is 12.6. The molecule has 0 spiro atoms. The number of aliphatic hydroxyl groups excluding tert-OH is 6. The van der Waals surface area contributed by atoms with E-state index < -0.39 is 105 Å². The maximum absolute atomic E-state index is 13.2. The lowest BCUT2D eigenvalue weighted by molar-refractivity contribution is -0.333. The van der Waals surface area contributed by atoms with Crippen molar-refractivity contribution in [1.82, 2.24) is 0 Å². The Morgan fingerprint density at radius 2 is 0.790 bits per heavy atom. The van der Waals surface area contributed by atoms with Crippen LogP contribution in [-0.2, 0) is 47.5 Å². The smallest absolute Gasteiger partial charge is 0.306 e. The van der Waals surface area contributed by atoms with Gasteiger partial charge in [-0.1, -0.05) is 238 Å². The summed E-state index contributed by atoms with van der Waals surface area (Å²) in [5, 5.41) is 65.0. The van der Waals surface area contributed by atoms with Gasteiger partial charge >= 0.3 is 17.9 Å². The second kappa shape index (κ2) is 51.0. The molecule has 2 fully saturated rings. The maximum Gasteiger partial charge on any atom is 0.306 e. The number of carbonyl (C=O) groups excluding carboxylic acids is 3. The van der Waals surface area contributed by atoms with Crippen molar-refractivity contribution in [1.29, 1.82) is 0 Å². The molecule has 476 valence electrons. The van der Waals surface area contributed by atoms with Crippen molar-refractivity contribution < 1.29 is 78.2 Å². The first-order valence-electron chi connectivity index (χ1n) is 33.2. The van der Waals surface area contributed by atoms with Gasteiger partial charge in [0, 0.05) is 19.3 Å². The molecule has 0 saturated carbocycles. The first-order chi connectivity index (χ1) is 39.5. The highest BCUT2D eigenvalue weighted by Gasteiger charge is 2.49. The van der Waals surface area contributed by atoms with E-state index in [4.69, 9.17) is 33.2 Å². The Morgan fingerprint density at radius 3 is 1.23 bits per heavy atom. The summed E-state index contributed by atoms with van der Waals surface area (Å²) in [5.41, 5.74) is 0. The lowest BCUT2D eigenvalue weighted by atomic mass is 9.98. The third-order valence-electron chi connectivity index (χ3n) is 16.0. The average Bonchev–Trinajstić information content (AvgIpc) is 3.48. The molecule has 11 unspecified atom stereocenters. The van der Waals surface area contributed by atoms with E-state index in [9.17, 15) is 45.0 Å². The molecular weight excluding hydrogens is 1040 g/mol. The number of esters is 3. The van der Waals surface area contributed by atoms with Crippen LogP contribution in [0.25, 0.3) is 0 Å². The first kappa shape index (κ1) is 74.8. The Hall–Kier alpha value is -2.25. The largest absolute Gasteiger partial charge is 0.462 e. The van der Waals surface area contributed by atoms with Gasteiger partial charge in [0.05, 0.1) is 19.8 Å². The number of hydrogen-bond acceptors (Lipinski definition) is 16. The fourth-order valence-corrected chi connectivity index (χ4v) is 10.7. The van der Waals surface area contributed by atoms with Crippen molar-refractivity contribution in [2.45, 2.75) is 358 Å². The van der Waals surface area contributed by atoms with Crippen molar-refractivity contribution >= 4 is 17.9 Å². The summed E-state index contributed by atoms with van der Waals surface area (Å²) in [6, 6.07) is 0. The summed E-state index contributed by atoms with van der Waals surface area (Å²) in [5.74, 6) is -1.56. The van der Waals surface area contributed by atoms with Gasteiger partial charge in [-0.15, -0.1) is 0 Å². The van der Waals surface area contributed by atoms with Gasteiger partial charge in [-0.25, -0.2) is 0 Å². The highest BCUT2D eigenvalue weighted by molar-refractivity contribution is 5.70. The molecule has 0 radical (unpaired) electrons. The van der Waals surface area contributed by atoms with Crippen LogP contribution in [0, 0.1) is 0 Å². The molecule has 2 heterocycles. The van der Waals surface area contributed by atoms with Crippen LogP contribution in [0.2, 0.25) is 0 Å². The zero-order chi connectivity index (χ0) is 59.0. The Morgan fingerprint density at radius 1 is 0.407 bits per heavy atom. The lowest BCUT2D eigenvalue weighted by Crippen LogP contribution is -2.62. The van der Waals surface area contributed by atoms with E-state index >= 15 is 0 Å². The summed E-state index contributed by atoms with van der Waals surface area (Å²) >= 11 is 0. The summed E-state index contributed by atoms with van der Waals surface area (Å²) in [6.45, 7) is 4.75. The molecule has 2 rings (SSSR count). The fourth-order valence-electron chi connectivity index (χ4n) is 10.7. The molecule has 2 aliphatic rings. The van der Waals surface area contributed by atoms with E-state index in [1.807, 2.05) is 0 Å². The van der Waals surface area contributed by atoms with Crippen molar-refractivity contribution in [3.8, 4) is 0 Å². The second-order valence-corrected chi connectivity index (χ2v) is 23.5. The van der Waals surface area contributed by atoms with Crippen molar-refractivity contribution in [2.24, 2.45) is 0 Å². The number of rotatable bonds is 54. The maximum atomic E-state index is 13.2. The second-order valence-electron chi connectivity index (χ2n) is 23.5. The topological polar surface area (TPSA) is 237 Å². The minimum Gasteiger partial charge on any atom is -0.462 e. The SMILES string of the molecule is CCCCCCCC/C=C\CCCCCCCC(=O)OCC(COC1OC(COC2OC(CO)C(O)C(OC(=O)CCCCCCCCCCCCCCC)C2O)C(O)C(O)C1O)OC(=O)CCCCCCCCCCCCCCC. The minimum absolute atomic E-state index is 0.0769. The Bertz CT molecular complexity index is 1520. The summed E-state index contributed by atoms with van der Waals surface area (Å²) < 4.78 is 40.1. The van der Waals surface area contributed by atoms with Gasteiger partial charge in [0.15, 0.2) is 24.8 Å². The number of ether oxygens (including phenoxy) is 7. The molecule has 11 atom stereocenters. The van der Waals surface area contributed by atoms with E-state index in [1.165, 1.54) is 148 Å². The first-order valence-corrected chi connectivity index (χ1v) is 33.2.